The second-order valence-corrected chi connectivity index (χ2v) is 6.75. The Balaban J connectivity index is 1.75. The maximum absolute atomic E-state index is 12.2. The predicted octanol–water partition coefficient (Wildman–Crippen LogP) is 3.27. The van der Waals surface area contributed by atoms with E-state index in [9.17, 15) is 4.79 Å². The highest BCUT2D eigenvalue weighted by Crippen LogP contribution is 2.26. The molecule has 128 valence electrons. The highest BCUT2D eigenvalue weighted by atomic mass is 35.5. The number of carbonyl (C=O) groups is 1. The molecule has 0 unspecified atom stereocenters. The number of urea groups is 1. The van der Waals surface area contributed by atoms with E-state index < -0.39 is 5.79 Å². The molecule has 1 saturated heterocycles. The summed E-state index contributed by atoms with van der Waals surface area (Å²) in [5.41, 5.74) is 1.00. The summed E-state index contributed by atoms with van der Waals surface area (Å²) in [6, 6.07) is 7.42. The molecule has 1 aromatic carbocycles. The molecule has 5 nitrogen and oxygen atoms in total. The number of nitrogens with one attached hydrogen (secondary N) is 1. The second-order valence-electron chi connectivity index (χ2n) is 6.31. The Hall–Kier alpha value is -1.30. The number of benzene rings is 1. The Morgan fingerprint density at radius 2 is 2.13 bits per heavy atom. The molecular weight excluding hydrogens is 316 g/mol. The molecule has 0 spiro atoms. The normalized spacial score (nSPS) is 17.7. The molecule has 0 saturated carbocycles. The largest absolute Gasteiger partial charge is 0.348 e. The summed E-state index contributed by atoms with van der Waals surface area (Å²) in [5.74, 6) is -0.252. The van der Waals surface area contributed by atoms with Crippen molar-refractivity contribution in [1.82, 2.24) is 10.2 Å². The molecule has 1 aliphatic heterocycles. The molecule has 23 heavy (non-hydrogen) atoms. The van der Waals surface area contributed by atoms with Gasteiger partial charge in [0.15, 0.2) is 5.79 Å². The minimum absolute atomic E-state index is 0.102. The van der Waals surface area contributed by atoms with Crippen LogP contribution in [0.3, 0.4) is 0 Å². The number of rotatable bonds is 6. The molecule has 1 heterocycles. The first-order valence-corrected chi connectivity index (χ1v) is 8.27. The van der Waals surface area contributed by atoms with E-state index in [0.717, 1.165) is 12.0 Å². The van der Waals surface area contributed by atoms with Crippen molar-refractivity contribution in [2.24, 2.45) is 5.92 Å². The highest BCUT2D eigenvalue weighted by molar-refractivity contribution is 6.30. The maximum atomic E-state index is 12.2. The van der Waals surface area contributed by atoms with Crippen LogP contribution in [0.15, 0.2) is 24.3 Å². The molecule has 1 aromatic rings. The fourth-order valence-electron chi connectivity index (χ4n) is 2.76. The van der Waals surface area contributed by atoms with Crippen molar-refractivity contribution in [3.8, 4) is 0 Å². The van der Waals surface area contributed by atoms with Crippen LogP contribution in [0.5, 0.6) is 0 Å². The van der Waals surface area contributed by atoms with Gasteiger partial charge in [-0.3, -0.25) is 0 Å². The average molecular weight is 341 g/mol. The van der Waals surface area contributed by atoms with Crippen LogP contribution in [0, 0.1) is 5.92 Å². The number of hydrogen-bond donors (Lipinski definition) is 1. The van der Waals surface area contributed by atoms with Gasteiger partial charge in [0.05, 0.1) is 13.2 Å². The first kappa shape index (κ1) is 18.0. The molecule has 1 fully saturated rings. The summed E-state index contributed by atoms with van der Waals surface area (Å²) in [6.45, 7) is 6.40. The van der Waals surface area contributed by atoms with Crippen molar-refractivity contribution in [2.75, 3.05) is 26.8 Å². The number of amides is 2. The van der Waals surface area contributed by atoms with Crippen molar-refractivity contribution in [1.29, 1.82) is 0 Å². The topological polar surface area (TPSA) is 50.8 Å². The van der Waals surface area contributed by atoms with Crippen molar-refractivity contribution in [2.45, 2.75) is 32.6 Å². The Bertz CT molecular complexity index is 532. The number of hydrogen-bond acceptors (Lipinski definition) is 3. The van der Waals surface area contributed by atoms with Crippen LogP contribution in [-0.2, 0) is 16.0 Å². The summed E-state index contributed by atoms with van der Waals surface area (Å²) < 4.78 is 11.2. The predicted molar refractivity (Wildman–Crippen MR) is 90.4 cm³/mol. The lowest BCUT2D eigenvalue weighted by atomic mass is 10.0. The maximum Gasteiger partial charge on any atom is 0.317 e. The SMILES string of the molecule is C[C@@H](CNC(=O)N(C)Cc1cccc(Cl)c1)CC1(C)OCCO1. The van der Waals surface area contributed by atoms with E-state index in [-0.39, 0.29) is 11.9 Å². The van der Waals surface area contributed by atoms with E-state index >= 15 is 0 Å². The second kappa shape index (κ2) is 7.99. The minimum atomic E-state index is -0.517. The summed E-state index contributed by atoms with van der Waals surface area (Å²) in [5, 5.41) is 3.63. The Labute approximate surface area is 142 Å². The Morgan fingerprint density at radius 3 is 2.78 bits per heavy atom. The first-order valence-electron chi connectivity index (χ1n) is 7.89. The molecule has 0 aromatic heterocycles. The molecular formula is C17H25ClN2O3. The van der Waals surface area contributed by atoms with Crippen molar-refractivity contribution in [3.63, 3.8) is 0 Å². The van der Waals surface area contributed by atoms with E-state index in [1.807, 2.05) is 31.2 Å². The molecule has 2 rings (SSSR count). The molecule has 2 amide bonds. The number of ether oxygens (including phenoxy) is 2. The van der Waals surface area contributed by atoms with Gasteiger partial charge in [-0.1, -0.05) is 30.7 Å². The summed E-state index contributed by atoms with van der Waals surface area (Å²) in [4.78, 5) is 13.8. The first-order chi connectivity index (χ1) is 10.9. The van der Waals surface area contributed by atoms with Gasteiger partial charge in [-0.25, -0.2) is 4.79 Å². The third kappa shape index (κ3) is 5.68. The van der Waals surface area contributed by atoms with Crippen LogP contribution in [0.25, 0.3) is 0 Å². The Morgan fingerprint density at radius 1 is 1.43 bits per heavy atom. The third-order valence-corrected chi connectivity index (χ3v) is 4.11. The van der Waals surface area contributed by atoms with Crippen LogP contribution >= 0.6 is 11.6 Å². The van der Waals surface area contributed by atoms with E-state index in [4.69, 9.17) is 21.1 Å². The van der Waals surface area contributed by atoms with Gasteiger partial charge >= 0.3 is 6.03 Å². The van der Waals surface area contributed by atoms with Gasteiger partial charge < -0.3 is 19.7 Å². The van der Waals surface area contributed by atoms with Crippen LogP contribution in [0.1, 0.15) is 25.8 Å². The molecule has 1 aliphatic rings. The molecule has 1 N–H and O–H groups in total. The van der Waals surface area contributed by atoms with Crippen molar-refractivity contribution >= 4 is 17.6 Å². The smallest absolute Gasteiger partial charge is 0.317 e. The monoisotopic (exact) mass is 340 g/mol. The van der Waals surface area contributed by atoms with Crippen molar-refractivity contribution < 1.29 is 14.3 Å². The Kier molecular flexibility index (Phi) is 6.27. The zero-order valence-electron chi connectivity index (χ0n) is 14.0. The van der Waals surface area contributed by atoms with Crippen LogP contribution in [-0.4, -0.2) is 43.5 Å². The van der Waals surface area contributed by atoms with E-state index in [2.05, 4.69) is 12.2 Å². The molecule has 0 radical (unpaired) electrons. The van der Waals surface area contributed by atoms with E-state index in [1.165, 1.54) is 0 Å². The van der Waals surface area contributed by atoms with Crippen molar-refractivity contribution in [3.05, 3.63) is 34.9 Å². The lowest BCUT2D eigenvalue weighted by Gasteiger charge is -2.26. The molecule has 0 bridgehead atoms. The molecule has 1 atom stereocenters. The minimum Gasteiger partial charge on any atom is -0.348 e. The summed E-state index contributed by atoms with van der Waals surface area (Å²) in [6.07, 6.45) is 0.755. The lowest BCUT2D eigenvalue weighted by Crippen LogP contribution is -2.40. The van der Waals surface area contributed by atoms with Crippen LogP contribution in [0.2, 0.25) is 5.02 Å². The van der Waals surface area contributed by atoms with Gasteiger partial charge in [0.2, 0.25) is 0 Å². The highest BCUT2D eigenvalue weighted by Gasteiger charge is 2.32. The standard InChI is InChI=1S/C17H25ClN2O3/c1-13(10-17(2)22-7-8-23-17)11-19-16(21)20(3)12-14-5-4-6-15(18)9-14/h4-6,9,13H,7-8,10-12H2,1-3H3,(H,19,21)/t13-/m1/s1. The fourth-order valence-corrected chi connectivity index (χ4v) is 2.97. The lowest BCUT2D eigenvalue weighted by molar-refractivity contribution is -0.153. The van der Waals surface area contributed by atoms with Gasteiger partial charge in [0, 0.05) is 31.6 Å². The number of nitrogens with zero attached hydrogens (tertiary/aromatic N) is 1. The quantitative estimate of drug-likeness (QED) is 0.864. The van der Waals surface area contributed by atoms with Gasteiger partial charge in [0.25, 0.3) is 0 Å². The van der Waals surface area contributed by atoms with Gasteiger partial charge in [-0.2, -0.15) is 0 Å². The van der Waals surface area contributed by atoms with E-state index in [0.29, 0.717) is 31.3 Å². The van der Waals surface area contributed by atoms with E-state index in [1.54, 1.807) is 11.9 Å². The third-order valence-electron chi connectivity index (χ3n) is 3.87. The van der Waals surface area contributed by atoms with Gasteiger partial charge in [-0.15, -0.1) is 0 Å². The summed E-state index contributed by atoms with van der Waals surface area (Å²) in [7, 11) is 1.77. The number of halogens is 1. The fraction of sp³-hybridized carbons (Fsp3) is 0.588. The molecule has 6 heteroatoms. The van der Waals surface area contributed by atoms with Gasteiger partial charge in [0.1, 0.15) is 0 Å². The van der Waals surface area contributed by atoms with Gasteiger partial charge in [-0.05, 0) is 30.5 Å². The average Bonchev–Trinajstić information content (AvgIpc) is 2.91. The zero-order valence-corrected chi connectivity index (χ0v) is 14.7. The number of carbonyl (C=O) groups excluding carboxylic acids is 1. The van der Waals surface area contributed by atoms with Crippen LogP contribution in [0.4, 0.5) is 4.79 Å². The zero-order chi connectivity index (χ0) is 16.9. The summed E-state index contributed by atoms with van der Waals surface area (Å²) >= 11 is 5.96. The van der Waals surface area contributed by atoms with Crippen LogP contribution < -0.4 is 5.32 Å². The molecule has 0 aliphatic carbocycles.